The summed E-state index contributed by atoms with van der Waals surface area (Å²) in [5.41, 5.74) is 6.48. The fraction of sp³-hybridized carbons (Fsp3) is 0.538. The van der Waals surface area contributed by atoms with Crippen LogP contribution in [0.5, 0.6) is 5.88 Å². The average Bonchev–Trinajstić information content (AvgIpc) is 2.36. The van der Waals surface area contributed by atoms with Crippen LogP contribution in [0.1, 0.15) is 25.0 Å². The third-order valence-electron chi connectivity index (χ3n) is 2.84. The molecule has 0 aliphatic carbocycles. The molecule has 106 valence electrons. The minimum atomic E-state index is -0.842. The maximum atomic E-state index is 10.6. The number of hydrogen-bond donors (Lipinski definition) is 2. The van der Waals surface area contributed by atoms with E-state index in [-0.39, 0.29) is 12.5 Å². The van der Waals surface area contributed by atoms with Gasteiger partial charge in [-0.05, 0) is 17.9 Å². The molecule has 0 spiro atoms. The first-order valence-corrected chi connectivity index (χ1v) is 6.06. The minimum Gasteiger partial charge on any atom is -0.481 e. The first-order chi connectivity index (χ1) is 8.93. The Bertz CT molecular complexity index is 435. The first kappa shape index (κ1) is 15.2. The molecule has 3 N–H and O–H groups in total. The van der Waals surface area contributed by atoms with E-state index in [0.717, 1.165) is 5.56 Å². The van der Waals surface area contributed by atoms with Gasteiger partial charge >= 0.3 is 6.09 Å². The summed E-state index contributed by atoms with van der Waals surface area (Å²) in [7, 11) is 1.52. The van der Waals surface area contributed by atoms with Gasteiger partial charge < -0.3 is 20.3 Å². The summed E-state index contributed by atoms with van der Waals surface area (Å²) >= 11 is 0. The van der Waals surface area contributed by atoms with E-state index in [1.54, 1.807) is 12.3 Å². The number of carbonyl (C=O) groups excluding carboxylic acids is 1. The summed E-state index contributed by atoms with van der Waals surface area (Å²) in [5, 5.41) is 9.95. The Morgan fingerprint density at radius 3 is 2.68 bits per heavy atom. The Hall–Kier alpha value is -1.82. The number of nitrogens with two attached hydrogens (primary N) is 1. The van der Waals surface area contributed by atoms with Gasteiger partial charge in [-0.15, -0.1) is 0 Å². The van der Waals surface area contributed by atoms with Crippen molar-refractivity contribution in [3.8, 4) is 5.88 Å². The van der Waals surface area contributed by atoms with Gasteiger partial charge in [-0.2, -0.15) is 0 Å². The van der Waals surface area contributed by atoms with Crippen molar-refractivity contribution in [3.63, 3.8) is 0 Å². The maximum absolute atomic E-state index is 10.6. The number of pyridine rings is 1. The Morgan fingerprint density at radius 2 is 2.16 bits per heavy atom. The third kappa shape index (κ3) is 4.75. The Morgan fingerprint density at radius 1 is 1.47 bits per heavy atom. The number of aromatic nitrogens is 1. The molecule has 0 radical (unpaired) electrons. The standard InChI is InChI=1S/C13H20N2O4/c1-8(2)11(16)4-9-5-12(18-3)15-6-10(9)7-19-13(14)17/h5-6,8,11,16H,4,7H2,1-3H3,(H2,14,17). The van der Waals surface area contributed by atoms with Gasteiger partial charge in [0.15, 0.2) is 0 Å². The molecule has 1 heterocycles. The molecule has 0 aliphatic rings. The van der Waals surface area contributed by atoms with E-state index in [2.05, 4.69) is 4.98 Å². The molecule has 6 nitrogen and oxygen atoms in total. The van der Waals surface area contributed by atoms with Crippen molar-refractivity contribution in [2.45, 2.75) is 33.0 Å². The monoisotopic (exact) mass is 268 g/mol. The predicted molar refractivity (Wildman–Crippen MR) is 69.7 cm³/mol. The van der Waals surface area contributed by atoms with E-state index >= 15 is 0 Å². The van der Waals surface area contributed by atoms with Crippen LogP contribution in [0.2, 0.25) is 0 Å². The molecule has 0 saturated heterocycles. The molecule has 1 rings (SSSR count). The molecule has 1 unspecified atom stereocenters. The highest BCUT2D eigenvalue weighted by Gasteiger charge is 2.15. The van der Waals surface area contributed by atoms with E-state index in [9.17, 15) is 9.90 Å². The topological polar surface area (TPSA) is 94.7 Å². The normalized spacial score (nSPS) is 12.3. The highest BCUT2D eigenvalue weighted by atomic mass is 16.5. The molecule has 1 aromatic heterocycles. The van der Waals surface area contributed by atoms with Crippen molar-refractivity contribution in [1.82, 2.24) is 4.98 Å². The molecule has 6 heteroatoms. The molecule has 0 fully saturated rings. The number of hydrogen-bond acceptors (Lipinski definition) is 5. The smallest absolute Gasteiger partial charge is 0.404 e. The molecule has 0 aliphatic heterocycles. The SMILES string of the molecule is COc1cc(CC(O)C(C)C)c(COC(N)=O)cn1. The number of nitrogens with zero attached hydrogens (tertiary/aromatic N) is 1. The van der Waals surface area contributed by atoms with E-state index < -0.39 is 12.2 Å². The van der Waals surface area contributed by atoms with Gasteiger partial charge in [0.2, 0.25) is 5.88 Å². The predicted octanol–water partition coefficient (Wildman–Crippen LogP) is 1.24. The molecular weight excluding hydrogens is 248 g/mol. The number of primary amides is 1. The Balaban J connectivity index is 2.91. The number of ether oxygens (including phenoxy) is 2. The second kappa shape index (κ2) is 6.94. The maximum Gasteiger partial charge on any atom is 0.404 e. The fourth-order valence-electron chi connectivity index (χ4n) is 1.54. The summed E-state index contributed by atoms with van der Waals surface area (Å²) in [6.07, 6.45) is 0.670. The van der Waals surface area contributed by atoms with Gasteiger partial charge in [0.25, 0.3) is 0 Å². The van der Waals surface area contributed by atoms with Crippen molar-refractivity contribution < 1.29 is 19.4 Å². The van der Waals surface area contributed by atoms with Crippen molar-refractivity contribution in [3.05, 3.63) is 23.4 Å². The molecule has 0 saturated carbocycles. The number of methoxy groups -OCH3 is 1. The zero-order valence-corrected chi connectivity index (χ0v) is 11.4. The summed E-state index contributed by atoms with van der Waals surface area (Å²) in [6, 6.07) is 1.73. The second-order valence-electron chi connectivity index (χ2n) is 4.62. The third-order valence-corrected chi connectivity index (χ3v) is 2.84. The highest BCUT2D eigenvalue weighted by molar-refractivity contribution is 5.64. The van der Waals surface area contributed by atoms with Crippen LogP contribution in [0.4, 0.5) is 4.79 Å². The van der Waals surface area contributed by atoms with Crippen LogP contribution < -0.4 is 10.5 Å². The van der Waals surface area contributed by atoms with Gasteiger partial charge in [-0.1, -0.05) is 13.8 Å². The van der Waals surface area contributed by atoms with Crippen molar-refractivity contribution >= 4 is 6.09 Å². The van der Waals surface area contributed by atoms with Crippen LogP contribution in [-0.2, 0) is 17.8 Å². The van der Waals surface area contributed by atoms with E-state index in [4.69, 9.17) is 15.2 Å². The number of amides is 1. The van der Waals surface area contributed by atoms with Crippen LogP contribution in [0.3, 0.4) is 0 Å². The van der Waals surface area contributed by atoms with Crippen LogP contribution in [0.15, 0.2) is 12.3 Å². The number of carbonyl (C=O) groups is 1. The summed E-state index contributed by atoms with van der Waals surface area (Å²) in [4.78, 5) is 14.7. The summed E-state index contributed by atoms with van der Waals surface area (Å²) < 4.78 is 9.81. The zero-order valence-electron chi connectivity index (χ0n) is 11.4. The molecule has 0 bridgehead atoms. The average molecular weight is 268 g/mol. The van der Waals surface area contributed by atoms with Crippen LogP contribution in [0, 0.1) is 5.92 Å². The van der Waals surface area contributed by atoms with Crippen LogP contribution >= 0.6 is 0 Å². The lowest BCUT2D eigenvalue weighted by atomic mass is 9.97. The number of rotatable bonds is 6. The van der Waals surface area contributed by atoms with Gasteiger partial charge in [-0.25, -0.2) is 9.78 Å². The quantitative estimate of drug-likeness (QED) is 0.809. The van der Waals surface area contributed by atoms with Gasteiger partial charge in [0.05, 0.1) is 13.2 Å². The fourth-order valence-corrected chi connectivity index (χ4v) is 1.54. The lowest BCUT2D eigenvalue weighted by Gasteiger charge is -2.17. The van der Waals surface area contributed by atoms with Crippen LogP contribution in [0.25, 0.3) is 0 Å². The number of aliphatic hydroxyl groups excluding tert-OH is 1. The first-order valence-electron chi connectivity index (χ1n) is 6.06. The molecule has 0 aromatic carbocycles. The van der Waals surface area contributed by atoms with Gasteiger partial charge in [0, 0.05) is 17.8 Å². The van der Waals surface area contributed by atoms with Crippen LogP contribution in [-0.4, -0.2) is 29.4 Å². The summed E-state index contributed by atoms with van der Waals surface area (Å²) in [5.74, 6) is 0.581. The number of aliphatic hydroxyl groups is 1. The lowest BCUT2D eigenvalue weighted by Crippen LogP contribution is -2.19. The molecule has 19 heavy (non-hydrogen) atoms. The Labute approximate surface area is 112 Å². The molecule has 1 amide bonds. The van der Waals surface area contributed by atoms with E-state index in [1.807, 2.05) is 13.8 Å². The van der Waals surface area contributed by atoms with Gasteiger partial charge in [-0.3, -0.25) is 0 Å². The Kier molecular flexibility index (Phi) is 5.57. The van der Waals surface area contributed by atoms with E-state index in [0.29, 0.717) is 17.9 Å². The van der Waals surface area contributed by atoms with E-state index in [1.165, 1.54) is 7.11 Å². The molecular formula is C13H20N2O4. The van der Waals surface area contributed by atoms with Gasteiger partial charge in [0.1, 0.15) is 6.61 Å². The molecule has 1 atom stereocenters. The van der Waals surface area contributed by atoms with Crippen molar-refractivity contribution in [2.24, 2.45) is 11.7 Å². The molecule has 1 aromatic rings. The van der Waals surface area contributed by atoms with Crippen molar-refractivity contribution in [1.29, 1.82) is 0 Å². The zero-order chi connectivity index (χ0) is 14.4. The lowest BCUT2D eigenvalue weighted by molar-refractivity contribution is 0.124. The largest absolute Gasteiger partial charge is 0.481 e. The summed E-state index contributed by atoms with van der Waals surface area (Å²) in [6.45, 7) is 3.90. The van der Waals surface area contributed by atoms with Crippen molar-refractivity contribution in [2.75, 3.05) is 7.11 Å². The minimum absolute atomic E-state index is 0.0342. The second-order valence-corrected chi connectivity index (χ2v) is 4.62. The highest BCUT2D eigenvalue weighted by Crippen LogP contribution is 2.19.